The molecule has 0 saturated carbocycles. The molecule has 2 aromatic rings. The Kier molecular flexibility index (Phi) is 3.67. The van der Waals surface area contributed by atoms with Crippen LogP contribution in [0, 0.1) is 11.3 Å². The number of thiophene rings is 1. The van der Waals surface area contributed by atoms with Gasteiger partial charge >= 0.3 is 0 Å². The summed E-state index contributed by atoms with van der Waals surface area (Å²) in [4.78, 5) is 1.21. The van der Waals surface area contributed by atoms with Crippen LogP contribution in [0.1, 0.15) is 10.4 Å². The molecular formula is C12H10BrN3S. The molecule has 0 aliphatic heterocycles. The second-order valence-electron chi connectivity index (χ2n) is 3.48. The Morgan fingerprint density at radius 2 is 2.18 bits per heavy atom. The molecule has 2 rings (SSSR count). The number of nitrogen functional groups attached to an aromatic ring is 1. The summed E-state index contributed by atoms with van der Waals surface area (Å²) in [7, 11) is 0. The Morgan fingerprint density at radius 3 is 2.82 bits per heavy atom. The lowest BCUT2D eigenvalue weighted by Crippen LogP contribution is -2.00. The van der Waals surface area contributed by atoms with Crippen LogP contribution in [0.3, 0.4) is 0 Å². The van der Waals surface area contributed by atoms with Crippen molar-refractivity contribution in [2.45, 2.75) is 6.54 Å². The highest BCUT2D eigenvalue weighted by Gasteiger charge is 2.03. The number of hydrogen-bond donors (Lipinski definition) is 2. The summed E-state index contributed by atoms with van der Waals surface area (Å²) in [6.07, 6.45) is 0. The van der Waals surface area contributed by atoms with Gasteiger partial charge < -0.3 is 11.1 Å². The van der Waals surface area contributed by atoms with Gasteiger partial charge in [-0.3, -0.25) is 0 Å². The number of benzene rings is 1. The molecule has 0 atom stereocenters. The van der Waals surface area contributed by atoms with E-state index in [0.29, 0.717) is 17.8 Å². The largest absolute Gasteiger partial charge is 0.399 e. The number of nitriles is 1. The van der Waals surface area contributed by atoms with Crippen molar-refractivity contribution in [3.05, 3.63) is 44.6 Å². The smallest absolute Gasteiger partial charge is 0.101 e. The fourth-order valence-electron chi connectivity index (χ4n) is 1.44. The van der Waals surface area contributed by atoms with Crippen molar-refractivity contribution in [1.29, 1.82) is 5.26 Å². The summed E-state index contributed by atoms with van der Waals surface area (Å²) in [5, 5.41) is 12.2. The van der Waals surface area contributed by atoms with Crippen molar-refractivity contribution in [3.63, 3.8) is 0 Å². The molecule has 3 nitrogen and oxygen atoms in total. The van der Waals surface area contributed by atoms with Crippen molar-refractivity contribution >= 4 is 38.6 Å². The highest BCUT2D eigenvalue weighted by molar-refractivity contribution is 9.11. The molecule has 1 aromatic carbocycles. The van der Waals surface area contributed by atoms with Crippen LogP contribution in [0.4, 0.5) is 11.4 Å². The highest BCUT2D eigenvalue weighted by atomic mass is 79.9. The van der Waals surface area contributed by atoms with Gasteiger partial charge in [-0.1, -0.05) is 0 Å². The maximum atomic E-state index is 8.99. The number of nitrogens with two attached hydrogens (primary N) is 1. The van der Waals surface area contributed by atoms with Gasteiger partial charge in [-0.25, -0.2) is 0 Å². The Morgan fingerprint density at radius 1 is 1.35 bits per heavy atom. The van der Waals surface area contributed by atoms with Gasteiger partial charge in [-0.15, -0.1) is 11.3 Å². The topological polar surface area (TPSA) is 61.8 Å². The standard InChI is InChI=1S/C12H10BrN3S/c13-12-4-2-10(17-12)7-16-11-3-1-9(15)5-8(11)6-14/h1-5,16H,7,15H2. The quantitative estimate of drug-likeness (QED) is 0.852. The molecule has 0 aliphatic carbocycles. The van der Waals surface area contributed by atoms with Crippen LogP contribution in [-0.2, 0) is 6.54 Å². The van der Waals surface area contributed by atoms with Crippen molar-refractivity contribution < 1.29 is 0 Å². The average Bonchev–Trinajstić information content (AvgIpc) is 2.73. The minimum Gasteiger partial charge on any atom is -0.399 e. The SMILES string of the molecule is N#Cc1cc(N)ccc1NCc1ccc(Br)s1. The highest BCUT2D eigenvalue weighted by Crippen LogP contribution is 2.24. The zero-order chi connectivity index (χ0) is 12.3. The fourth-order valence-corrected chi connectivity index (χ4v) is 2.86. The van der Waals surface area contributed by atoms with E-state index in [1.54, 1.807) is 23.5 Å². The van der Waals surface area contributed by atoms with E-state index in [2.05, 4.69) is 27.3 Å². The fraction of sp³-hybridized carbons (Fsp3) is 0.0833. The van der Waals surface area contributed by atoms with Crippen LogP contribution in [0.2, 0.25) is 0 Å². The first-order chi connectivity index (χ1) is 8.19. The first kappa shape index (κ1) is 12.0. The number of hydrogen-bond acceptors (Lipinski definition) is 4. The summed E-state index contributed by atoms with van der Waals surface area (Å²) in [5.41, 5.74) is 7.61. The number of halogens is 1. The van der Waals surface area contributed by atoms with Crippen LogP contribution < -0.4 is 11.1 Å². The average molecular weight is 308 g/mol. The van der Waals surface area contributed by atoms with Crippen LogP contribution in [0.15, 0.2) is 34.1 Å². The molecule has 3 N–H and O–H groups in total. The molecule has 5 heteroatoms. The van der Waals surface area contributed by atoms with Gasteiger partial charge in [0.2, 0.25) is 0 Å². The summed E-state index contributed by atoms with van der Waals surface area (Å²) in [6.45, 7) is 0.703. The lowest BCUT2D eigenvalue weighted by molar-refractivity contribution is 1.19. The van der Waals surface area contributed by atoms with Crippen molar-refractivity contribution in [3.8, 4) is 6.07 Å². The second kappa shape index (κ2) is 5.21. The van der Waals surface area contributed by atoms with Crippen molar-refractivity contribution in [2.75, 3.05) is 11.1 Å². The predicted octanol–water partition coefficient (Wildman–Crippen LogP) is 3.58. The van der Waals surface area contributed by atoms with Gasteiger partial charge in [0.1, 0.15) is 6.07 Å². The van der Waals surface area contributed by atoms with Gasteiger partial charge in [-0.2, -0.15) is 5.26 Å². The van der Waals surface area contributed by atoms with E-state index in [9.17, 15) is 0 Å². The summed E-state index contributed by atoms with van der Waals surface area (Å²) >= 11 is 5.09. The number of anilines is 2. The van der Waals surface area contributed by atoms with Gasteiger partial charge in [0.25, 0.3) is 0 Å². The maximum absolute atomic E-state index is 8.99. The van der Waals surface area contributed by atoms with Gasteiger partial charge in [0, 0.05) is 17.1 Å². The van der Waals surface area contributed by atoms with Crippen LogP contribution in [0.5, 0.6) is 0 Å². The zero-order valence-corrected chi connectivity index (χ0v) is 11.3. The van der Waals surface area contributed by atoms with Crippen LogP contribution in [0.25, 0.3) is 0 Å². The maximum Gasteiger partial charge on any atom is 0.101 e. The third kappa shape index (κ3) is 2.99. The van der Waals surface area contributed by atoms with Gasteiger partial charge in [-0.05, 0) is 46.3 Å². The van der Waals surface area contributed by atoms with E-state index < -0.39 is 0 Å². The van der Waals surface area contributed by atoms with Gasteiger partial charge in [0.15, 0.2) is 0 Å². The van der Waals surface area contributed by atoms with E-state index in [0.717, 1.165) is 9.47 Å². The summed E-state index contributed by atoms with van der Waals surface area (Å²) < 4.78 is 1.10. The third-order valence-corrected chi connectivity index (χ3v) is 3.87. The monoisotopic (exact) mass is 307 g/mol. The van der Waals surface area contributed by atoms with E-state index >= 15 is 0 Å². The Bertz CT molecular complexity index is 571. The lowest BCUT2D eigenvalue weighted by Gasteiger charge is -2.07. The molecule has 0 fully saturated rings. The minimum absolute atomic E-state index is 0.570. The Balaban J connectivity index is 2.12. The van der Waals surface area contributed by atoms with Crippen molar-refractivity contribution in [2.24, 2.45) is 0 Å². The molecule has 0 radical (unpaired) electrons. The molecule has 1 heterocycles. The number of nitrogens with zero attached hydrogens (tertiary/aromatic N) is 1. The van der Waals surface area contributed by atoms with E-state index in [1.165, 1.54) is 4.88 Å². The Labute approximate surface area is 112 Å². The zero-order valence-electron chi connectivity index (χ0n) is 8.90. The second-order valence-corrected chi connectivity index (χ2v) is 6.02. The molecule has 0 bridgehead atoms. The molecule has 0 unspecified atom stereocenters. The van der Waals surface area contributed by atoms with Gasteiger partial charge in [0.05, 0.1) is 15.0 Å². The lowest BCUT2D eigenvalue weighted by atomic mass is 10.1. The predicted molar refractivity (Wildman–Crippen MR) is 74.9 cm³/mol. The number of rotatable bonds is 3. The molecular weight excluding hydrogens is 298 g/mol. The molecule has 1 aromatic heterocycles. The van der Waals surface area contributed by atoms with Crippen LogP contribution in [-0.4, -0.2) is 0 Å². The molecule has 0 aliphatic rings. The molecule has 0 spiro atoms. The normalized spacial score (nSPS) is 9.88. The molecule has 0 amide bonds. The summed E-state index contributed by atoms with van der Waals surface area (Å²) in [5.74, 6) is 0. The third-order valence-electron chi connectivity index (χ3n) is 2.25. The van der Waals surface area contributed by atoms with Crippen LogP contribution >= 0.6 is 27.3 Å². The first-order valence-electron chi connectivity index (χ1n) is 4.97. The minimum atomic E-state index is 0.570. The number of nitrogens with one attached hydrogen (secondary N) is 1. The van der Waals surface area contributed by atoms with E-state index in [1.807, 2.05) is 18.2 Å². The van der Waals surface area contributed by atoms with E-state index in [4.69, 9.17) is 11.0 Å². The molecule has 86 valence electrons. The molecule has 17 heavy (non-hydrogen) atoms. The van der Waals surface area contributed by atoms with Crippen molar-refractivity contribution in [1.82, 2.24) is 0 Å². The first-order valence-corrected chi connectivity index (χ1v) is 6.57. The Hall–Kier alpha value is -1.51. The van der Waals surface area contributed by atoms with E-state index in [-0.39, 0.29) is 0 Å². The summed E-state index contributed by atoms with van der Waals surface area (Å²) in [6, 6.07) is 11.5. The molecule has 0 saturated heterocycles.